The molecule has 6 aliphatic rings. The van der Waals surface area contributed by atoms with Crippen LogP contribution in [0.25, 0.3) is 6.08 Å². The van der Waals surface area contributed by atoms with Crippen molar-refractivity contribution in [3.8, 4) is 0 Å². The zero-order chi connectivity index (χ0) is 31.7. The Labute approximate surface area is 333 Å². The summed E-state index contributed by atoms with van der Waals surface area (Å²) in [7, 11) is 0.770. The largest absolute Gasteiger partial charge is 1.00 e. The minimum atomic E-state index is 0. The van der Waals surface area contributed by atoms with E-state index in [1.165, 1.54) is 72.5 Å². The van der Waals surface area contributed by atoms with Crippen LogP contribution in [0.2, 0.25) is 0 Å². The van der Waals surface area contributed by atoms with Gasteiger partial charge in [-0.3, -0.25) is 6.58 Å². The van der Waals surface area contributed by atoms with Gasteiger partial charge in [0.1, 0.15) is 0 Å². The summed E-state index contributed by atoms with van der Waals surface area (Å²) in [5.74, 6) is 0. The van der Waals surface area contributed by atoms with Crippen molar-refractivity contribution >= 4 is 46.7 Å². The maximum Gasteiger partial charge on any atom is 1.00 e. The Morgan fingerprint density at radius 1 is 0.367 bits per heavy atom. The molecule has 1 radical (unpaired) electrons. The fraction of sp³-hybridized carbons (Fsp3) is 0.818. The third-order valence-corrected chi connectivity index (χ3v) is 21.1. The molecule has 6 fully saturated rings. The second kappa shape index (κ2) is 27.6. The van der Waals surface area contributed by atoms with Gasteiger partial charge in [0, 0.05) is 0 Å². The smallest absolute Gasteiger partial charge is 0.292 e. The molecular formula is C44H75Cl2P2Ru. The van der Waals surface area contributed by atoms with E-state index in [9.17, 15) is 0 Å². The molecule has 0 bridgehead atoms. The van der Waals surface area contributed by atoms with E-state index in [0.717, 1.165) is 5.56 Å². The summed E-state index contributed by atoms with van der Waals surface area (Å²) in [6.45, 7) is 5.22. The van der Waals surface area contributed by atoms with Gasteiger partial charge in [0.25, 0.3) is 0 Å². The molecule has 49 heavy (non-hydrogen) atoms. The molecule has 0 nitrogen and oxygen atoms in total. The molecule has 0 aromatic heterocycles. The summed E-state index contributed by atoms with van der Waals surface area (Å²) in [4.78, 5) is 0. The Morgan fingerprint density at radius 3 is 0.735 bits per heavy atom. The van der Waals surface area contributed by atoms with Crippen LogP contribution in [-0.4, -0.2) is 34.0 Å². The van der Waals surface area contributed by atoms with Crippen molar-refractivity contribution in [2.75, 3.05) is 0 Å². The first-order chi connectivity index (χ1) is 22.8. The van der Waals surface area contributed by atoms with E-state index < -0.39 is 0 Å². The summed E-state index contributed by atoms with van der Waals surface area (Å²) < 4.78 is 0. The maximum atomic E-state index is 5.22. The summed E-state index contributed by atoms with van der Waals surface area (Å²) in [5.41, 5.74) is 8.20. The Balaban J connectivity index is 0.000000266. The average molecular weight is 838 g/mol. The van der Waals surface area contributed by atoms with Crippen molar-refractivity contribution in [2.24, 2.45) is 0 Å². The first kappa shape index (κ1) is 46.2. The first-order valence-corrected chi connectivity index (χ1v) is 24.1. The van der Waals surface area contributed by atoms with E-state index in [1.54, 1.807) is 160 Å². The average Bonchev–Trinajstić information content (AvgIpc) is 3.15. The number of rotatable bonds is 7. The number of halogens is 2. The monoisotopic (exact) mass is 837 g/mol. The van der Waals surface area contributed by atoms with Gasteiger partial charge in [-0.25, -0.2) is 6.08 Å². The zero-order valence-electron chi connectivity index (χ0n) is 31.3. The van der Waals surface area contributed by atoms with E-state index in [2.05, 4.69) is 0 Å². The standard InChI is InChI=1S/2C18H33P.C8H7.2ClH.Ru/c2*1-4-10-16(11-5-1)19(17-12-6-2-7-13-17)18-14-8-3-9-15-18;1-2-8-6-4-3-5-7-8;;;/h2*16-18H,1-15H2;1-7H;2*1H;/q;;-1;;;+1. The summed E-state index contributed by atoms with van der Waals surface area (Å²) in [6.07, 6.45) is 48.8. The molecule has 1 aromatic rings. The normalized spacial score (nSPS) is 23.8. The second-order valence-corrected chi connectivity index (χ2v) is 22.4. The predicted octanol–water partition coefficient (Wildman–Crippen LogP) is 15.9. The van der Waals surface area contributed by atoms with Crippen molar-refractivity contribution in [1.82, 2.24) is 0 Å². The van der Waals surface area contributed by atoms with Gasteiger partial charge in [-0.15, -0.1) is 36.9 Å². The Morgan fingerprint density at radius 2 is 0.571 bits per heavy atom. The van der Waals surface area contributed by atoms with E-state index >= 15 is 0 Å². The van der Waals surface area contributed by atoms with Crippen molar-refractivity contribution in [3.63, 3.8) is 0 Å². The molecule has 0 aliphatic heterocycles. The second-order valence-electron chi connectivity index (χ2n) is 16.2. The fourth-order valence-electron chi connectivity index (χ4n) is 10.6. The van der Waals surface area contributed by atoms with Crippen LogP contribution in [0.3, 0.4) is 0 Å². The zero-order valence-corrected chi connectivity index (χ0v) is 36.4. The molecule has 0 N–H and O–H groups in total. The van der Waals surface area contributed by atoms with E-state index in [-0.39, 0.29) is 44.3 Å². The maximum absolute atomic E-state index is 5.22. The molecule has 0 amide bonds. The number of benzene rings is 1. The van der Waals surface area contributed by atoms with Crippen LogP contribution in [0.4, 0.5) is 0 Å². The summed E-state index contributed by atoms with van der Waals surface area (Å²) in [6, 6.07) is 9.80. The van der Waals surface area contributed by atoms with E-state index in [0.29, 0.717) is 15.8 Å². The number of hydrogen-bond donors (Lipinski definition) is 0. The van der Waals surface area contributed by atoms with E-state index in [1.807, 2.05) is 30.3 Å². The van der Waals surface area contributed by atoms with Crippen molar-refractivity contribution in [2.45, 2.75) is 227 Å². The van der Waals surface area contributed by atoms with E-state index in [4.69, 9.17) is 6.58 Å². The Bertz CT molecular complexity index is 771. The summed E-state index contributed by atoms with van der Waals surface area (Å²) in [5, 5.41) is 0. The van der Waals surface area contributed by atoms with Crippen molar-refractivity contribution in [1.29, 1.82) is 0 Å². The molecule has 283 valence electrons. The Hall–Kier alpha value is 1.02. The molecule has 0 heterocycles. The molecule has 1 aromatic carbocycles. The molecule has 0 unspecified atom stereocenters. The van der Waals surface area contributed by atoms with Gasteiger partial charge < -0.3 is 0 Å². The quantitative estimate of drug-likeness (QED) is 0.146. The topological polar surface area (TPSA) is 0 Å². The molecule has 5 heteroatoms. The molecule has 0 spiro atoms. The minimum absolute atomic E-state index is 0. The number of hydrogen-bond acceptors (Lipinski definition) is 0. The van der Waals surface area contributed by atoms with Crippen molar-refractivity contribution < 1.29 is 19.5 Å². The predicted molar refractivity (Wildman–Crippen MR) is 225 cm³/mol. The van der Waals surface area contributed by atoms with Gasteiger partial charge in [0.2, 0.25) is 0 Å². The van der Waals surface area contributed by atoms with Gasteiger partial charge >= 0.3 is 19.5 Å². The van der Waals surface area contributed by atoms with Crippen molar-refractivity contribution in [3.05, 3.63) is 42.5 Å². The van der Waals surface area contributed by atoms with Gasteiger partial charge in [0.15, 0.2) is 0 Å². The summed E-state index contributed by atoms with van der Waals surface area (Å²) >= 11 is 0. The van der Waals surface area contributed by atoms with Gasteiger partial charge in [-0.1, -0.05) is 150 Å². The third kappa shape index (κ3) is 15.7. The molecule has 6 aliphatic carbocycles. The van der Waals surface area contributed by atoms with Gasteiger partial charge in [-0.2, -0.15) is 5.56 Å². The molecular weight excluding hydrogens is 762 g/mol. The molecule has 0 saturated heterocycles. The van der Waals surface area contributed by atoms with Gasteiger partial charge in [0.05, 0.1) is 0 Å². The van der Waals surface area contributed by atoms with Crippen LogP contribution in [-0.2, 0) is 19.5 Å². The minimum Gasteiger partial charge on any atom is -0.292 e. The van der Waals surface area contributed by atoms with Crippen LogP contribution in [0, 0.1) is 6.58 Å². The molecule has 6 saturated carbocycles. The third-order valence-electron chi connectivity index (χ3n) is 13.0. The Kier molecular flexibility index (Phi) is 26.0. The molecule has 7 rings (SSSR count). The van der Waals surface area contributed by atoms with Crippen LogP contribution >= 0.6 is 40.7 Å². The SMILES string of the molecule is C1CCC(P(C2CCCCC2)C2CCCCC2)CC1.C1CCC(P(C2CCCCC2)C2CCCCC2)CC1.Cl.Cl.[CH-]=Cc1ccccc1.[Ru+]. The van der Waals surface area contributed by atoms with Crippen LogP contribution in [0.15, 0.2) is 30.3 Å². The fourth-order valence-corrected chi connectivity index (χ4v) is 20.0. The van der Waals surface area contributed by atoms with Crippen LogP contribution < -0.4 is 0 Å². The van der Waals surface area contributed by atoms with Crippen LogP contribution in [0.1, 0.15) is 198 Å². The molecule has 0 atom stereocenters. The van der Waals surface area contributed by atoms with Crippen LogP contribution in [0.5, 0.6) is 0 Å². The first-order valence-electron chi connectivity index (χ1n) is 21.0. The van der Waals surface area contributed by atoms with Gasteiger partial charge in [-0.05, 0) is 111 Å².